The molecule has 2 aliphatic rings. The third kappa shape index (κ3) is 5.56. The van der Waals surface area contributed by atoms with Crippen LogP contribution < -0.4 is 5.32 Å². The van der Waals surface area contributed by atoms with Gasteiger partial charge in [-0.05, 0) is 36.5 Å². The predicted molar refractivity (Wildman–Crippen MR) is 97.4 cm³/mol. The van der Waals surface area contributed by atoms with Crippen molar-refractivity contribution in [2.75, 3.05) is 31.6 Å². The molecule has 2 amide bonds. The van der Waals surface area contributed by atoms with Crippen molar-refractivity contribution in [2.24, 2.45) is 5.92 Å². The normalized spacial score (nSPS) is 18.8. The number of benzene rings is 1. The van der Waals surface area contributed by atoms with Gasteiger partial charge in [0.25, 0.3) is 0 Å². The number of hydrogen-bond acceptors (Lipinski definition) is 3. The molecule has 0 atom stereocenters. The lowest BCUT2D eigenvalue weighted by molar-refractivity contribution is -0.134. The zero-order valence-corrected chi connectivity index (χ0v) is 14.8. The molecular formula is C20H28N2O3. The molecule has 136 valence electrons. The highest BCUT2D eigenvalue weighted by molar-refractivity contribution is 5.91. The summed E-state index contributed by atoms with van der Waals surface area (Å²) in [5, 5.41) is 2.98. The largest absolute Gasteiger partial charge is 0.378 e. The van der Waals surface area contributed by atoms with Crippen molar-refractivity contribution in [1.82, 2.24) is 4.90 Å². The summed E-state index contributed by atoms with van der Waals surface area (Å²) in [6.07, 6.45) is 7.19. The van der Waals surface area contributed by atoms with Crippen molar-refractivity contribution < 1.29 is 14.3 Å². The first-order chi connectivity index (χ1) is 12.2. The zero-order chi connectivity index (χ0) is 17.5. The molecule has 3 rings (SSSR count). The van der Waals surface area contributed by atoms with Crippen LogP contribution in [0.2, 0.25) is 0 Å². The van der Waals surface area contributed by atoms with Crippen LogP contribution in [0.3, 0.4) is 0 Å². The van der Waals surface area contributed by atoms with Crippen LogP contribution in [0.15, 0.2) is 24.3 Å². The molecule has 1 saturated heterocycles. The van der Waals surface area contributed by atoms with Gasteiger partial charge in [0.05, 0.1) is 19.6 Å². The van der Waals surface area contributed by atoms with E-state index in [0.717, 1.165) is 11.3 Å². The van der Waals surface area contributed by atoms with Gasteiger partial charge >= 0.3 is 0 Å². The highest BCUT2D eigenvalue weighted by atomic mass is 16.5. The van der Waals surface area contributed by atoms with E-state index < -0.39 is 0 Å². The van der Waals surface area contributed by atoms with E-state index >= 15 is 0 Å². The number of anilines is 1. The van der Waals surface area contributed by atoms with Gasteiger partial charge in [0, 0.05) is 25.2 Å². The quantitative estimate of drug-likeness (QED) is 0.893. The molecule has 0 spiro atoms. The first kappa shape index (κ1) is 17.9. The van der Waals surface area contributed by atoms with Crippen LogP contribution in [-0.2, 0) is 20.7 Å². The monoisotopic (exact) mass is 344 g/mol. The van der Waals surface area contributed by atoms with Gasteiger partial charge in [0.2, 0.25) is 11.8 Å². The van der Waals surface area contributed by atoms with E-state index in [9.17, 15) is 9.59 Å². The Balaban J connectivity index is 1.46. The lowest BCUT2D eigenvalue weighted by Crippen LogP contribution is -2.41. The van der Waals surface area contributed by atoms with Crippen molar-refractivity contribution in [1.29, 1.82) is 0 Å². The molecule has 5 nitrogen and oxygen atoms in total. The summed E-state index contributed by atoms with van der Waals surface area (Å²) in [5.74, 6) is 0.778. The minimum Gasteiger partial charge on any atom is -0.378 e. The third-order valence-electron chi connectivity index (χ3n) is 5.16. The van der Waals surface area contributed by atoms with Gasteiger partial charge in [-0.3, -0.25) is 9.59 Å². The number of ether oxygens (including phenoxy) is 1. The highest BCUT2D eigenvalue weighted by Gasteiger charge is 2.18. The van der Waals surface area contributed by atoms with E-state index in [0.29, 0.717) is 45.1 Å². The Hall–Kier alpha value is -1.88. The van der Waals surface area contributed by atoms with Crippen molar-refractivity contribution in [2.45, 2.75) is 44.9 Å². The molecule has 0 bridgehead atoms. The minimum absolute atomic E-state index is 0.101. The molecule has 0 aromatic heterocycles. The summed E-state index contributed by atoms with van der Waals surface area (Å²) in [6.45, 7) is 2.59. The molecule has 0 unspecified atom stereocenters. The van der Waals surface area contributed by atoms with Gasteiger partial charge in [-0.25, -0.2) is 0 Å². The van der Waals surface area contributed by atoms with Gasteiger partial charge in [-0.2, -0.15) is 0 Å². The topological polar surface area (TPSA) is 58.6 Å². The number of amides is 2. The molecule has 1 heterocycles. The second-order valence-corrected chi connectivity index (χ2v) is 7.12. The molecule has 1 aromatic rings. The second-order valence-electron chi connectivity index (χ2n) is 7.12. The van der Waals surface area contributed by atoms with E-state index in [2.05, 4.69) is 5.32 Å². The number of carbonyl (C=O) groups excluding carboxylic acids is 2. The maximum absolute atomic E-state index is 12.3. The maximum Gasteiger partial charge on any atom is 0.227 e. The van der Waals surface area contributed by atoms with Crippen molar-refractivity contribution in [3.63, 3.8) is 0 Å². The molecule has 1 aliphatic heterocycles. The van der Waals surface area contributed by atoms with E-state index in [4.69, 9.17) is 4.74 Å². The van der Waals surface area contributed by atoms with Gasteiger partial charge in [-0.1, -0.05) is 31.4 Å². The number of rotatable bonds is 5. The number of hydrogen-bond donors (Lipinski definition) is 1. The molecule has 1 aromatic carbocycles. The molecule has 1 saturated carbocycles. The van der Waals surface area contributed by atoms with Crippen LogP contribution in [-0.4, -0.2) is 43.0 Å². The summed E-state index contributed by atoms with van der Waals surface area (Å²) in [7, 11) is 0. The van der Waals surface area contributed by atoms with Crippen LogP contribution in [0, 0.1) is 5.92 Å². The van der Waals surface area contributed by atoms with Crippen LogP contribution in [0.5, 0.6) is 0 Å². The minimum atomic E-state index is 0.101. The average Bonchev–Trinajstić information content (AvgIpc) is 2.65. The summed E-state index contributed by atoms with van der Waals surface area (Å²) in [4.78, 5) is 26.3. The van der Waals surface area contributed by atoms with E-state index in [1.165, 1.54) is 32.1 Å². The summed E-state index contributed by atoms with van der Waals surface area (Å²) in [6, 6.07) is 7.63. The Kier molecular flexibility index (Phi) is 6.45. The fourth-order valence-corrected chi connectivity index (χ4v) is 3.67. The van der Waals surface area contributed by atoms with Crippen LogP contribution >= 0.6 is 0 Å². The first-order valence-electron chi connectivity index (χ1n) is 9.45. The highest BCUT2D eigenvalue weighted by Crippen LogP contribution is 2.26. The Morgan fingerprint density at radius 1 is 1.04 bits per heavy atom. The van der Waals surface area contributed by atoms with Gasteiger partial charge in [0.1, 0.15) is 0 Å². The molecule has 25 heavy (non-hydrogen) atoms. The summed E-state index contributed by atoms with van der Waals surface area (Å²) >= 11 is 0. The number of carbonyl (C=O) groups is 2. The first-order valence-corrected chi connectivity index (χ1v) is 9.45. The van der Waals surface area contributed by atoms with Gasteiger partial charge in [0.15, 0.2) is 0 Å². The van der Waals surface area contributed by atoms with E-state index in [1.54, 1.807) is 0 Å². The second kappa shape index (κ2) is 8.99. The van der Waals surface area contributed by atoms with Gasteiger partial charge in [-0.15, -0.1) is 0 Å². The Labute approximate surface area is 149 Å². The third-order valence-corrected chi connectivity index (χ3v) is 5.16. The Bertz CT molecular complexity index is 573. The van der Waals surface area contributed by atoms with E-state index in [-0.39, 0.29) is 11.8 Å². The number of morpholine rings is 1. The summed E-state index contributed by atoms with van der Waals surface area (Å²) in [5.41, 5.74) is 1.78. The fraction of sp³-hybridized carbons (Fsp3) is 0.600. The smallest absolute Gasteiger partial charge is 0.227 e. The SMILES string of the molecule is O=C(CC1CCCCC1)Nc1ccc(CC(=O)N2CCOCC2)cc1. The predicted octanol–water partition coefficient (Wildman–Crippen LogP) is 3.00. The average molecular weight is 344 g/mol. The zero-order valence-electron chi connectivity index (χ0n) is 14.8. The lowest BCUT2D eigenvalue weighted by atomic mass is 9.87. The molecule has 2 fully saturated rings. The number of nitrogens with zero attached hydrogens (tertiary/aromatic N) is 1. The van der Waals surface area contributed by atoms with Crippen LogP contribution in [0.4, 0.5) is 5.69 Å². The van der Waals surface area contributed by atoms with Gasteiger partial charge < -0.3 is 15.0 Å². The lowest BCUT2D eigenvalue weighted by Gasteiger charge is -2.26. The molecule has 1 N–H and O–H groups in total. The van der Waals surface area contributed by atoms with Crippen LogP contribution in [0.1, 0.15) is 44.1 Å². The Morgan fingerprint density at radius 3 is 2.40 bits per heavy atom. The Morgan fingerprint density at radius 2 is 1.72 bits per heavy atom. The number of nitrogens with one attached hydrogen (secondary N) is 1. The summed E-state index contributed by atoms with van der Waals surface area (Å²) < 4.78 is 5.27. The van der Waals surface area contributed by atoms with E-state index in [1.807, 2.05) is 29.2 Å². The van der Waals surface area contributed by atoms with Crippen molar-refractivity contribution >= 4 is 17.5 Å². The van der Waals surface area contributed by atoms with Crippen molar-refractivity contribution in [3.8, 4) is 0 Å². The molecular weight excluding hydrogens is 316 g/mol. The molecule has 0 radical (unpaired) electrons. The molecule has 5 heteroatoms. The fourth-order valence-electron chi connectivity index (χ4n) is 3.67. The van der Waals surface area contributed by atoms with Crippen LogP contribution in [0.25, 0.3) is 0 Å². The maximum atomic E-state index is 12.3. The standard InChI is InChI=1S/C20H28N2O3/c23-19(14-16-4-2-1-3-5-16)21-18-8-6-17(7-9-18)15-20(24)22-10-12-25-13-11-22/h6-9,16H,1-5,10-15H2,(H,21,23). The molecule has 1 aliphatic carbocycles. The van der Waals surface area contributed by atoms with Crippen molar-refractivity contribution in [3.05, 3.63) is 29.8 Å².